The number of hydrazone groups is 1. The highest BCUT2D eigenvalue weighted by Crippen LogP contribution is 2.15. The summed E-state index contributed by atoms with van der Waals surface area (Å²) < 4.78 is 5.69. The highest BCUT2D eigenvalue weighted by molar-refractivity contribution is 7.17. The maximum absolute atomic E-state index is 11.8. The first-order valence-corrected chi connectivity index (χ1v) is 7.05. The molecule has 106 valence electrons. The summed E-state index contributed by atoms with van der Waals surface area (Å²) in [5.74, 6) is 1.10. The summed E-state index contributed by atoms with van der Waals surface area (Å²) >= 11 is 1.36. The number of nitrogens with zero attached hydrogens (tertiary/aromatic N) is 2. The number of hydrogen-bond donors (Lipinski definition) is 2. The van der Waals surface area contributed by atoms with Crippen molar-refractivity contribution in [2.24, 2.45) is 5.10 Å². The number of H-pyrrole nitrogens is 1. The van der Waals surface area contributed by atoms with Crippen LogP contribution in [-0.2, 0) is 0 Å². The summed E-state index contributed by atoms with van der Waals surface area (Å²) in [4.78, 5) is 18.7. The first-order chi connectivity index (χ1) is 10.3. The van der Waals surface area contributed by atoms with Gasteiger partial charge in [-0.25, -0.2) is 10.4 Å². The zero-order valence-corrected chi connectivity index (χ0v) is 12.0. The maximum Gasteiger partial charge on any atom is 0.270 e. The largest absolute Gasteiger partial charge is 0.497 e. The van der Waals surface area contributed by atoms with Gasteiger partial charge in [-0.05, 0) is 41.3 Å². The zero-order chi connectivity index (χ0) is 14.7. The van der Waals surface area contributed by atoms with Crippen molar-refractivity contribution >= 4 is 33.7 Å². The Morgan fingerprint density at radius 3 is 2.90 bits per heavy atom. The van der Waals surface area contributed by atoms with Gasteiger partial charge in [0, 0.05) is 0 Å². The van der Waals surface area contributed by atoms with E-state index in [0.717, 1.165) is 11.3 Å². The van der Waals surface area contributed by atoms with Crippen molar-refractivity contribution in [1.82, 2.24) is 9.97 Å². The number of ether oxygens (including phenoxy) is 1. The Bertz CT molecular complexity index is 836. The van der Waals surface area contributed by atoms with Crippen molar-refractivity contribution in [2.75, 3.05) is 12.5 Å². The molecule has 0 aliphatic rings. The van der Waals surface area contributed by atoms with Crippen molar-refractivity contribution in [3.8, 4) is 5.75 Å². The van der Waals surface area contributed by atoms with Gasteiger partial charge in [0.1, 0.15) is 10.4 Å². The van der Waals surface area contributed by atoms with Crippen LogP contribution < -0.4 is 15.7 Å². The molecular formula is C14H12N4O2S. The molecule has 0 bridgehead atoms. The van der Waals surface area contributed by atoms with E-state index in [2.05, 4.69) is 20.5 Å². The van der Waals surface area contributed by atoms with Crippen LogP contribution in [0.5, 0.6) is 5.75 Å². The number of aromatic amines is 1. The van der Waals surface area contributed by atoms with E-state index in [0.29, 0.717) is 16.2 Å². The predicted molar refractivity (Wildman–Crippen MR) is 84.5 cm³/mol. The zero-order valence-electron chi connectivity index (χ0n) is 11.2. The van der Waals surface area contributed by atoms with Crippen molar-refractivity contribution in [3.05, 3.63) is 51.6 Å². The molecule has 0 aliphatic heterocycles. The Kier molecular flexibility index (Phi) is 3.65. The van der Waals surface area contributed by atoms with Crippen molar-refractivity contribution < 1.29 is 4.74 Å². The molecule has 0 radical (unpaired) electrons. The molecule has 0 atom stereocenters. The fourth-order valence-electron chi connectivity index (χ4n) is 1.78. The van der Waals surface area contributed by atoms with Gasteiger partial charge >= 0.3 is 0 Å². The normalized spacial score (nSPS) is 11.1. The van der Waals surface area contributed by atoms with Crippen LogP contribution in [0.2, 0.25) is 0 Å². The highest BCUT2D eigenvalue weighted by Gasteiger charge is 2.03. The molecule has 1 aromatic carbocycles. The predicted octanol–water partition coefficient (Wildman–Crippen LogP) is 2.44. The summed E-state index contributed by atoms with van der Waals surface area (Å²) in [5.41, 5.74) is 4.11. The van der Waals surface area contributed by atoms with Gasteiger partial charge in [0.05, 0.1) is 18.8 Å². The van der Waals surface area contributed by atoms with Gasteiger partial charge < -0.3 is 4.74 Å². The Morgan fingerprint density at radius 1 is 1.33 bits per heavy atom. The second-order valence-corrected chi connectivity index (χ2v) is 5.11. The lowest BCUT2D eigenvalue weighted by Gasteiger charge is -2.00. The van der Waals surface area contributed by atoms with Gasteiger partial charge in [0.15, 0.2) is 0 Å². The molecule has 21 heavy (non-hydrogen) atoms. The molecule has 6 nitrogen and oxygen atoms in total. The van der Waals surface area contributed by atoms with Crippen LogP contribution >= 0.6 is 11.3 Å². The Labute approximate surface area is 124 Å². The molecule has 0 amide bonds. The average Bonchev–Trinajstić information content (AvgIpc) is 2.97. The van der Waals surface area contributed by atoms with Crippen LogP contribution in [0.25, 0.3) is 10.2 Å². The van der Waals surface area contributed by atoms with Gasteiger partial charge in [-0.3, -0.25) is 9.78 Å². The molecule has 2 aromatic heterocycles. The molecule has 0 unspecified atom stereocenters. The summed E-state index contributed by atoms with van der Waals surface area (Å²) in [6.45, 7) is 0. The molecule has 3 rings (SSSR count). The standard InChI is InChI=1S/C14H12N4O2S/c1-20-10-4-2-9(3-5-10)8-15-18-14-16-11-6-7-21-12(11)13(19)17-14/h2-8H,1H3,(H2,16,17,18,19)/b15-8+. The fraction of sp³-hybridized carbons (Fsp3) is 0.0714. The van der Waals surface area contributed by atoms with Crippen molar-refractivity contribution in [3.63, 3.8) is 0 Å². The third kappa shape index (κ3) is 2.92. The van der Waals surface area contributed by atoms with E-state index in [1.807, 2.05) is 29.6 Å². The van der Waals surface area contributed by atoms with Crippen LogP contribution in [0.15, 0.2) is 45.6 Å². The fourth-order valence-corrected chi connectivity index (χ4v) is 2.51. The topological polar surface area (TPSA) is 79.4 Å². The molecule has 0 spiro atoms. The number of benzene rings is 1. The molecule has 0 saturated heterocycles. The van der Waals surface area contributed by atoms with Crippen LogP contribution in [0.1, 0.15) is 5.56 Å². The number of methoxy groups -OCH3 is 1. The van der Waals surface area contributed by atoms with E-state index in [1.165, 1.54) is 11.3 Å². The summed E-state index contributed by atoms with van der Waals surface area (Å²) in [6.07, 6.45) is 1.64. The van der Waals surface area contributed by atoms with Gasteiger partial charge in [-0.15, -0.1) is 11.3 Å². The second-order valence-electron chi connectivity index (χ2n) is 4.19. The summed E-state index contributed by atoms with van der Waals surface area (Å²) in [6, 6.07) is 9.25. The summed E-state index contributed by atoms with van der Waals surface area (Å²) in [5, 5.41) is 5.89. The van der Waals surface area contributed by atoms with Crippen LogP contribution in [0, 0.1) is 0 Å². The molecule has 2 N–H and O–H groups in total. The number of aromatic nitrogens is 2. The van der Waals surface area contributed by atoms with E-state index in [-0.39, 0.29) is 5.56 Å². The molecule has 0 aliphatic carbocycles. The molecule has 0 saturated carbocycles. The van der Waals surface area contributed by atoms with E-state index in [1.54, 1.807) is 19.4 Å². The SMILES string of the molecule is COc1ccc(/C=N/Nc2nc3ccsc3c(=O)[nH]2)cc1. The van der Waals surface area contributed by atoms with Gasteiger partial charge in [0.25, 0.3) is 5.56 Å². The number of anilines is 1. The lowest BCUT2D eigenvalue weighted by atomic mass is 10.2. The number of nitrogens with one attached hydrogen (secondary N) is 2. The second kappa shape index (κ2) is 5.76. The maximum atomic E-state index is 11.8. The molecular weight excluding hydrogens is 288 g/mol. The quantitative estimate of drug-likeness (QED) is 0.573. The van der Waals surface area contributed by atoms with Crippen molar-refractivity contribution in [2.45, 2.75) is 0 Å². The van der Waals surface area contributed by atoms with Crippen LogP contribution in [-0.4, -0.2) is 23.3 Å². The number of hydrogen-bond acceptors (Lipinski definition) is 6. The molecule has 2 heterocycles. The Balaban J connectivity index is 1.75. The van der Waals surface area contributed by atoms with E-state index >= 15 is 0 Å². The number of fused-ring (bicyclic) bond motifs is 1. The molecule has 3 aromatic rings. The smallest absolute Gasteiger partial charge is 0.270 e. The minimum Gasteiger partial charge on any atom is -0.497 e. The Hall–Kier alpha value is -2.67. The van der Waals surface area contributed by atoms with Gasteiger partial charge in [-0.1, -0.05) is 0 Å². The third-order valence-corrected chi connectivity index (χ3v) is 3.72. The lowest BCUT2D eigenvalue weighted by molar-refractivity contribution is 0.415. The first kappa shape index (κ1) is 13.3. The minimum atomic E-state index is -0.169. The van der Waals surface area contributed by atoms with Gasteiger partial charge in [0.2, 0.25) is 5.95 Å². The number of rotatable bonds is 4. The first-order valence-electron chi connectivity index (χ1n) is 6.17. The lowest BCUT2D eigenvalue weighted by Crippen LogP contribution is -2.09. The van der Waals surface area contributed by atoms with E-state index in [4.69, 9.17) is 4.74 Å². The Morgan fingerprint density at radius 2 is 2.14 bits per heavy atom. The van der Waals surface area contributed by atoms with Crippen molar-refractivity contribution in [1.29, 1.82) is 0 Å². The van der Waals surface area contributed by atoms with Crippen LogP contribution in [0.4, 0.5) is 5.95 Å². The van der Waals surface area contributed by atoms with E-state index in [9.17, 15) is 4.79 Å². The minimum absolute atomic E-state index is 0.169. The van der Waals surface area contributed by atoms with Crippen LogP contribution in [0.3, 0.4) is 0 Å². The van der Waals surface area contributed by atoms with E-state index < -0.39 is 0 Å². The molecule has 0 fully saturated rings. The highest BCUT2D eigenvalue weighted by atomic mass is 32.1. The average molecular weight is 300 g/mol. The third-order valence-electron chi connectivity index (χ3n) is 2.81. The monoisotopic (exact) mass is 300 g/mol. The summed E-state index contributed by atoms with van der Waals surface area (Å²) in [7, 11) is 1.62. The van der Waals surface area contributed by atoms with Gasteiger partial charge in [-0.2, -0.15) is 5.10 Å². The molecule has 7 heteroatoms. The number of thiophene rings is 1.